The van der Waals surface area contributed by atoms with Gasteiger partial charge in [0.15, 0.2) is 0 Å². The normalized spacial score (nSPS) is 10.9. The van der Waals surface area contributed by atoms with Gasteiger partial charge in [0.05, 0.1) is 4.92 Å². The molecule has 0 saturated heterocycles. The molecule has 0 fully saturated rings. The van der Waals surface area contributed by atoms with Crippen LogP contribution >= 0.6 is 15.9 Å². The number of carbonyl (C=O) groups is 1. The van der Waals surface area contributed by atoms with E-state index in [1.165, 1.54) is 42.5 Å². The Morgan fingerprint density at radius 3 is 2.21 bits per heavy atom. The molecule has 148 valence electrons. The Balaban J connectivity index is 1.84. The van der Waals surface area contributed by atoms with E-state index in [0.29, 0.717) is 15.8 Å². The first kappa shape index (κ1) is 20.5. The molecule has 0 atom stereocenters. The molecule has 3 rings (SSSR count). The number of nitro groups is 1. The summed E-state index contributed by atoms with van der Waals surface area (Å²) in [6.07, 6.45) is 0. The third kappa shape index (κ3) is 4.98. The van der Waals surface area contributed by atoms with Gasteiger partial charge in [0.2, 0.25) is 0 Å². The highest BCUT2D eigenvalue weighted by Gasteiger charge is 2.20. The van der Waals surface area contributed by atoms with Crippen LogP contribution in [0.4, 0.5) is 17.1 Å². The van der Waals surface area contributed by atoms with Gasteiger partial charge in [-0.3, -0.25) is 19.6 Å². The lowest BCUT2D eigenvalue weighted by atomic mass is 10.2. The number of carbonyl (C=O) groups excluding carboxylic acids is 1. The monoisotopic (exact) mass is 475 g/mol. The van der Waals surface area contributed by atoms with Gasteiger partial charge in [-0.05, 0) is 58.4 Å². The first-order valence-electron chi connectivity index (χ1n) is 8.19. The second-order valence-electron chi connectivity index (χ2n) is 5.87. The van der Waals surface area contributed by atoms with E-state index in [9.17, 15) is 23.3 Å². The minimum absolute atomic E-state index is 0.0993. The maximum Gasteiger partial charge on any atom is 0.269 e. The van der Waals surface area contributed by atoms with Crippen molar-refractivity contribution < 1.29 is 18.1 Å². The number of benzene rings is 3. The van der Waals surface area contributed by atoms with Crippen molar-refractivity contribution in [2.24, 2.45) is 0 Å². The molecule has 0 spiro atoms. The van der Waals surface area contributed by atoms with Crippen molar-refractivity contribution in [3.63, 3.8) is 0 Å². The summed E-state index contributed by atoms with van der Waals surface area (Å²) >= 11 is 3.20. The zero-order valence-corrected chi connectivity index (χ0v) is 17.1. The van der Waals surface area contributed by atoms with Crippen LogP contribution in [0, 0.1) is 10.1 Å². The van der Waals surface area contributed by atoms with Crippen molar-refractivity contribution >= 4 is 48.9 Å². The smallest absolute Gasteiger partial charge is 0.269 e. The molecule has 10 heteroatoms. The fraction of sp³-hybridized carbons (Fsp3) is 0. The summed E-state index contributed by atoms with van der Waals surface area (Å²) in [5.41, 5.74) is 0.738. The van der Waals surface area contributed by atoms with Gasteiger partial charge in [-0.15, -0.1) is 0 Å². The molecule has 0 aliphatic heterocycles. The first-order chi connectivity index (χ1) is 13.8. The van der Waals surface area contributed by atoms with Gasteiger partial charge in [0.25, 0.3) is 21.6 Å². The summed E-state index contributed by atoms with van der Waals surface area (Å²) in [5, 5.41) is 13.3. The molecule has 0 radical (unpaired) electrons. The highest BCUT2D eigenvalue weighted by molar-refractivity contribution is 9.10. The van der Waals surface area contributed by atoms with Crippen LogP contribution in [0.5, 0.6) is 0 Å². The molecule has 3 aromatic carbocycles. The van der Waals surface area contributed by atoms with E-state index in [2.05, 4.69) is 26.0 Å². The number of anilines is 2. The fourth-order valence-electron chi connectivity index (χ4n) is 2.44. The Bertz CT molecular complexity index is 1170. The van der Waals surface area contributed by atoms with E-state index in [1.807, 2.05) is 0 Å². The summed E-state index contributed by atoms with van der Waals surface area (Å²) in [5.74, 6) is -0.553. The average molecular weight is 476 g/mol. The minimum atomic E-state index is -3.94. The van der Waals surface area contributed by atoms with Crippen LogP contribution in [-0.4, -0.2) is 19.2 Å². The summed E-state index contributed by atoms with van der Waals surface area (Å²) in [6.45, 7) is 0. The SMILES string of the molecule is O=C(Nc1ccc([N+](=O)[O-])cc1)c1ccc(Br)c(S(=O)(=O)Nc2ccccc2)c1. The molecule has 0 aromatic heterocycles. The third-order valence-corrected chi connectivity index (χ3v) is 6.22. The second-order valence-corrected chi connectivity index (χ2v) is 8.38. The average Bonchev–Trinajstić information content (AvgIpc) is 2.69. The number of sulfonamides is 1. The highest BCUT2D eigenvalue weighted by Crippen LogP contribution is 2.26. The summed E-state index contributed by atoms with van der Waals surface area (Å²) < 4.78 is 28.2. The zero-order chi connectivity index (χ0) is 21.0. The Morgan fingerprint density at radius 1 is 0.931 bits per heavy atom. The summed E-state index contributed by atoms with van der Waals surface area (Å²) in [6, 6.07) is 17.8. The van der Waals surface area contributed by atoms with Gasteiger partial charge >= 0.3 is 0 Å². The van der Waals surface area contributed by atoms with Crippen LogP contribution in [0.2, 0.25) is 0 Å². The van der Waals surface area contributed by atoms with Crippen molar-refractivity contribution in [1.29, 1.82) is 0 Å². The van der Waals surface area contributed by atoms with Crippen molar-refractivity contribution in [3.8, 4) is 0 Å². The predicted molar refractivity (Wildman–Crippen MR) is 112 cm³/mol. The van der Waals surface area contributed by atoms with Crippen LogP contribution in [-0.2, 0) is 10.0 Å². The van der Waals surface area contributed by atoms with Crippen molar-refractivity contribution in [1.82, 2.24) is 0 Å². The van der Waals surface area contributed by atoms with E-state index >= 15 is 0 Å². The number of rotatable bonds is 6. The molecular formula is C19H14BrN3O5S. The van der Waals surface area contributed by atoms with Gasteiger partial charge in [-0.1, -0.05) is 18.2 Å². The Kier molecular flexibility index (Phi) is 5.95. The number of hydrogen-bond acceptors (Lipinski definition) is 5. The number of hydrogen-bond donors (Lipinski definition) is 2. The Hall–Kier alpha value is -3.24. The molecule has 0 aliphatic carbocycles. The highest BCUT2D eigenvalue weighted by atomic mass is 79.9. The lowest BCUT2D eigenvalue weighted by Gasteiger charge is -2.11. The van der Waals surface area contributed by atoms with E-state index < -0.39 is 20.9 Å². The van der Waals surface area contributed by atoms with Crippen molar-refractivity contribution in [2.45, 2.75) is 4.90 Å². The molecule has 3 aromatic rings. The number of nitro benzene ring substituents is 1. The second kappa shape index (κ2) is 8.41. The molecule has 29 heavy (non-hydrogen) atoms. The Morgan fingerprint density at radius 2 is 1.59 bits per heavy atom. The predicted octanol–water partition coefficient (Wildman–Crippen LogP) is 4.41. The van der Waals surface area contributed by atoms with E-state index in [4.69, 9.17) is 0 Å². The van der Waals surface area contributed by atoms with Gasteiger partial charge in [0.1, 0.15) is 4.90 Å². The zero-order valence-electron chi connectivity index (χ0n) is 14.7. The number of halogens is 1. The Labute approximate surface area is 174 Å². The maximum atomic E-state index is 12.7. The lowest BCUT2D eigenvalue weighted by molar-refractivity contribution is -0.384. The molecule has 0 saturated carbocycles. The summed E-state index contributed by atoms with van der Waals surface area (Å²) in [4.78, 5) is 22.6. The lowest BCUT2D eigenvalue weighted by Crippen LogP contribution is -2.16. The number of amides is 1. The summed E-state index contributed by atoms with van der Waals surface area (Å²) in [7, 11) is -3.94. The topological polar surface area (TPSA) is 118 Å². The van der Waals surface area contributed by atoms with Crippen LogP contribution < -0.4 is 10.0 Å². The number of para-hydroxylation sites is 1. The maximum absolute atomic E-state index is 12.7. The molecule has 8 nitrogen and oxygen atoms in total. The van der Waals surface area contributed by atoms with Crippen LogP contribution in [0.1, 0.15) is 10.4 Å². The van der Waals surface area contributed by atoms with E-state index in [1.54, 1.807) is 30.3 Å². The molecule has 0 heterocycles. The van der Waals surface area contributed by atoms with Crippen LogP contribution in [0.15, 0.2) is 82.2 Å². The first-order valence-corrected chi connectivity index (χ1v) is 10.5. The molecule has 0 unspecified atom stereocenters. The minimum Gasteiger partial charge on any atom is -0.322 e. The molecule has 2 N–H and O–H groups in total. The molecule has 1 amide bonds. The third-order valence-electron chi connectivity index (χ3n) is 3.84. The van der Waals surface area contributed by atoms with Crippen molar-refractivity contribution in [3.05, 3.63) is 92.9 Å². The number of non-ortho nitro benzene ring substituents is 1. The quantitative estimate of drug-likeness (QED) is 0.404. The van der Waals surface area contributed by atoms with Crippen molar-refractivity contribution in [2.75, 3.05) is 10.0 Å². The van der Waals surface area contributed by atoms with Crippen LogP contribution in [0.3, 0.4) is 0 Å². The fourth-order valence-corrected chi connectivity index (χ4v) is 4.49. The largest absolute Gasteiger partial charge is 0.322 e. The molecule has 0 aliphatic rings. The number of nitrogens with zero attached hydrogens (tertiary/aromatic N) is 1. The van der Waals surface area contributed by atoms with Gasteiger partial charge in [0, 0.05) is 33.5 Å². The standard InChI is InChI=1S/C19H14BrN3O5S/c20-17-11-6-13(19(24)21-14-7-9-16(10-8-14)23(25)26)12-18(17)29(27,28)22-15-4-2-1-3-5-15/h1-12,22H,(H,21,24). The van der Waals surface area contributed by atoms with Gasteiger partial charge in [-0.2, -0.15) is 0 Å². The van der Waals surface area contributed by atoms with Gasteiger partial charge in [-0.25, -0.2) is 8.42 Å². The van der Waals surface area contributed by atoms with Crippen LogP contribution in [0.25, 0.3) is 0 Å². The van der Waals surface area contributed by atoms with Gasteiger partial charge < -0.3 is 5.32 Å². The molecule has 0 bridgehead atoms. The van der Waals surface area contributed by atoms with E-state index in [-0.39, 0.29) is 16.1 Å². The number of nitrogens with one attached hydrogen (secondary N) is 2. The van der Waals surface area contributed by atoms with E-state index in [0.717, 1.165) is 0 Å². The molecular weight excluding hydrogens is 462 g/mol.